The number of hydrogen-bond acceptors (Lipinski definition) is 4. The molecule has 0 amide bonds. The van der Waals surface area contributed by atoms with Crippen molar-refractivity contribution in [1.29, 1.82) is 0 Å². The lowest BCUT2D eigenvalue weighted by Gasteiger charge is -2.12. The maximum absolute atomic E-state index is 13.3. The Balaban J connectivity index is 1.50. The number of rotatable bonds is 6. The molecule has 0 aliphatic rings. The van der Waals surface area contributed by atoms with Crippen LogP contribution in [0.3, 0.4) is 0 Å². The predicted octanol–water partition coefficient (Wildman–Crippen LogP) is 5.79. The largest absolute Gasteiger partial charge is 0.488 e. The fraction of sp³-hybridized carbons (Fsp3) is 0.111. The van der Waals surface area contributed by atoms with Gasteiger partial charge in [-0.1, -0.05) is 55.5 Å². The van der Waals surface area contributed by atoms with Gasteiger partial charge in [-0.05, 0) is 35.7 Å². The van der Waals surface area contributed by atoms with Crippen LogP contribution in [0.2, 0.25) is 0 Å². The zero-order valence-electron chi connectivity index (χ0n) is 17.7. The molecule has 5 rings (SSSR count). The Morgan fingerprint density at radius 3 is 2.50 bits per heavy atom. The molecule has 2 aromatic heterocycles. The second-order valence-corrected chi connectivity index (χ2v) is 7.57. The average molecular weight is 422 g/mol. The number of nitrogens with zero attached hydrogens (tertiary/aromatic N) is 2. The summed E-state index contributed by atoms with van der Waals surface area (Å²) in [5.74, 6) is 0.733. The SMILES string of the molecule is CCc1cc2c(=O)c(-c3cnn(-c4ccccc4)c3)coc2cc1OCc1ccccc1. The van der Waals surface area contributed by atoms with Gasteiger partial charge >= 0.3 is 0 Å². The van der Waals surface area contributed by atoms with Gasteiger partial charge in [0, 0.05) is 17.8 Å². The van der Waals surface area contributed by atoms with Crippen LogP contribution in [0, 0.1) is 0 Å². The fourth-order valence-electron chi connectivity index (χ4n) is 3.73. The summed E-state index contributed by atoms with van der Waals surface area (Å²) >= 11 is 0. The van der Waals surface area contributed by atoms with Gasteiger partial charge in [0.2, 0.25) is 5.43 Å². The van der Waals surface area contributed by atoms with Gasteiger partial charge in [-0.25, -0.2) is 4.68 Å². The maximum atomic E-state index is 13.3. The molecule has 0 aliphatic heterocycles. The monoisotopic (exact) mass is 422 g/mol. The number of aromatic nitrogens is 2. The smallest absolute Gasteiger partial charge is 0.200 e. The summed E-state index contributed by atoms with van der Waals surface area (Å²) in [7, 11) is 0. The molecule has 0 saturated carbocycles. The van der Waals surface area contributed by atoms with Gasteiger partial charge in [-0.3, -0.25) is 4.79 Å². The molecule has 5 aromatic rings. The molecule has 158 valence electrons. The Morgan fingerprint density at radius 1 is 1.00 bits per heavy atom. The number of benzene rings is 3. The summed E-state index contributed by atoms with van der Waals surface area (Å²) in [6.07, 6.45) is 5.77. The first-order valence-electron chi connectivity index (χ1n) is 10.6. The van der Waals surface area contributed by atoms with E-state index >= 15 is 0 Å². The molecule has 32 heavy (non-hydrogen) atoms. The summed E-state index contributed by atoms with van der Waals surface area (Å²) in [5.41, 5.74) is 4.61. The summed E-state index contributed by atoms with van der Waals surface area (Å²) < 4.78 is 13.7. The van der Waals surface area contributed by atoms with Gasteiger partial charge in [0.05, 0.1) is 22.8 Å². The van der Waals surface area contributed by atoms with E-state index in [9.17, 15) is 4.79 Å². The first-order chi connectivity index (χ1) is 15.7. The molecule has 0 atom stereocenters. The van der Waals surface area contributed by atoms with Crippen LogP contribution < -0.4 is 10.2 Å². The number of aryl methyl sites for hydroxylation is 1. The molecule has 0 bridgehead atoms. The minimum atomic E-state index is -0.0804. The highest BCUT2D eigenvalue weighted by atomic mass is 16.5. The number of para-hydroxylation sites is 1. The van der Waals surface area contributed by atoms with Gasteiger partial charge < -0.3 is 9.15 Å². The van der Waals surface area contributed by atoms with E-state index in [2.05, 4.69) is 5.10 Å². The van der Waals surface area contributed by atoms with Crippen molar-refractivity contribution in [2.45, 2.75) is 20.0 Å². The molecule has 0 aliphatic carbocycles. The van der Waals surface area contributed by atoms with Crippen molar-refractivity contribution in [2.24, 2.45) is 0 Å². The van der Waals surface area contributed by atoms with Crippen molar-refractivity contribution in [3.05, 3.63) is 113 Å². The van der Waals surface area contributed by atoms with Gasteiger partial charge in [-0.2, -0.15) is 5.10 Å². The summed E-state index contributed by atoms with van der Waals surface area (Å²) in [5, 5.41) is 4.94. The molecule has 0 N–H and O–H groups in total. The number of hydrogen-bond donors (Lipinski definition) is 0. The van der Waals surface area contributed by atoms with Crippen LogP contribution in [-0.2, 0) is 13.0 Å². The van der Waals surface area contributed by atoms with E-state index in [0.717, 1.165) is 29.0 Å². The van der Waals surface area contributed by atoms with E-state index in [1.807, 2.05) is 85.9 Å². The van der Waals surface area contributed by atoms with Crippen LogP contribution in [-0.4, -0.2) is 9.78 Å². The molecular weight excluding hydrogens is 400 g/mol. The quantitative estimate of drug-likeness (QED) is 0.348. The van der Waals surface area contributed by atoms with Crippen LogP contribution in [0.5, 0.6) is 5.75 Å². The fourth-order valence-corrected chi connectivity index (χ4v) is 3.73. The molecule has 2 heterocycles. The lowest BCUT2D eigenvalue weighted by atomic mass is 10.0. The highest BCUT2D eigenvalue weighted by molar-refractivity contribution is 5.83. The predicted molar refractivity (Wildman–Crippen MR) is 125 cm³/mol. The van der Waals surface area contributed by atoms with Crippen molar-refractivity contribution in [3.63, 3.8) is 0 Å². The Morgan fingerprint density at radius 2 is 1.75 bits per heavy atom. The lowest BCUT2D eigenvalue weighted by molar-refractivity contribution is 0.303. The molecular formula is C27H22N2O3. The Kier molecular flexibility index (Phi) is 5.30. The van der Waals surface area contributed by atoms with Gasteiger partial charge in [0.1, 0.15) is 24.2 Å². The van der Waals surface area contributed by atoms with E-state index in [1.54, 1.807) is 10.9 Å². The van der Waals surface area contributed by atoms with Crippen LogP contribution in [0.1, 0.15) is 18.1 Å². The Bertz CT molecular complexity index is 1420. The second-order valence-electron chi connectivity index (χ2n) is 7.57. The van der Waals surface area contributed by atoms with Gasteiger partial charge in [0.25, 0.3) is 0 Å². The van der Waals surface area contributed by atoms with Crippen molar-refractivity contribution in [1.82, 2.24) is 9.78 Å². The summed E-state index contributed by atoms with van der Waals surface area (Å²) in [6, 6.07) is 23.5. The topological polar surface area (TPSA) is 57.3 Å². The molecule has 0 unspecified atom stereocenters. The maximum Gasteiger partial charge on any atom is 0.200 e. The molecule has 0 radical (unpaired) electrons. The van der Waals surface area contributed by atoms with E-state index in [-0.39, 0.29) is 5.43 Å². The van der Waals surface area contributed by atoms with E-state index in [0.29, 0.717) is 28.7 Å². The van der Waals surface area contributed by atoms with Gasteiger partial charge in [-0.15, -0.1) is 0 Å². The molecule has 0 spiro atoms. The average Bonchev–Trinajstić information content (AvgIpc) is 3.34. The van der Waals surface area contributed by atoms with Crippen molar-refractivity contribution in [3.8, 4) is 22.6 Å². The lowest BCUT2D eigenvalue weighted by Crippen LogP contribution is -2.06. The Hall–Kier alpha value is -4.12. The van der Waals surface area contributed by atoms with Crippen LogP contribution >= 0.6 is 0 Å². The van der Waals surface area contributed by atoms with Crippen molar-refractivity contribution in [2.75, 3.05) is 0 Å². The third kappa shape index (κ3) is 3.81. The highest BCUT2D eigenvalue weighted by Crippen LogP contribution is 2.28. The van der Waals surface area contributed by atoms with Crippen molar-refractivity contribution < 1.29 is 9.15 Å². The molecule has 0 saturated heterocycles. The first-order valence-corrected chi connectivity index (χ1v) is 10.6. The normalized spacial score (nSPS) is 11.0. The highest BCUT2D eigenvalue weighted by Gasteiger charge is 2.15. The minimum Gasteiger partial charge on any atom is -0.488 e. The van der Waals surface area contributed by atoms with Crippen LogP contribution in [0.4, 0.5) is 0 Å². The zero-order valence-corrected chi connectivity index (χ0v) is 17.7. The minimum absolute atomic E-state index is 0.0804. The standard InChI is InChI=1S/C27H22N2O3/c1-2-20-13-23-26(14-25(20)31-17-19-9-5-3-6-10-19)32-18-24(27(23)30)21-15-28-29(16-21)22-11-7-4-8-12-22/h3-16,18H,2,17H2,1H3. The van der Waals surface area contributed by atoms with Crippen LogP contribution in [0.15, 0.2) is 101 Å². The first kappa shape index (κ1) is 19.8. The molecule has 5 nitrogen and oxygen atoms in total. The summed E-state index contributed by atoms with van der Waals surface area (Å²) in [6.45, 7) is 2.51. The van der Waals surface area contributed by atoms with Crippen molar-refractivity contribution >= 4 is 11.0 Å². The molecule has 0 fully saturated rings. The number of ether oxygens (including phenoxy) is 1. The van der Waals surface area contributed by atoms with Gasteiger partial charge in [0.15, 0.2) is 0 Å². The third-order valence-corrected chi connectivity index (χ3v) is 5.49. The zero-order chi connectivity index (χ0) is 21.9. The van der Waals surface area contributed by atoms with E-state index in [1.165, 1.54) is 6.26 Å². The Labute approximate surface area is 185 Å². The van der Waals surface area contributed by atoms with E-state index < -0.39 is 0 Å². The molecule has 3 aromatic carbocycles. The number of fused-ring (bicyclic) bond motifs is 1. The third-order valence-electron chi connectivity index (χ3n) is 5.49. The van der Waals surface area contributed by atoms with E-state index in [4.69, 9.17) is 9.15 Å². The van der Waals surface area contributed by atoms with Crippen LogP contribution in [0.25, 0.3) is 27.8 Å². The second kappa shape index (κ2) is 8.55. The molecule has 5 heteroatoms. The summed E-state index contributed by atoms with van der Waals surface area (Å²) in [4.78, 5) is 13.3.